The summed E-state index contributed by atoms with van der Waals surface area (Å²) >= 11 is 3.17. The van der Waals surface area contributed by atoms with E-state index in [0.29, 0.717) is 4.70 Å². The van der Waals surface area contributed by atoms with Gasteiger partial charge in [-0.1, -0.05) is 16.7 Å². The zero-order valence-corrected chi connectivity index (χ0v) is 28.0. The van der Waals surface area contributed by atoms with Crippen molar-refractivity contribution in [1.82, 2.24) is 19.2 Å². The molecule has 1 aromatic carbocycles. The molecule has 0 spiro atoms. The number of carbonyl (C=O) groups excluding carboxylic acids is 3. The smallest absolute Gasteiger partial charge is 0.353 e. The first-order valence-electron chi connectivity index (χ1n) is 13.9. The SMILES string of the molecule is CC(C)(C)OC(=O)C(C)(C)O/N=C(\C(=O)NC1C(=O)N2C(C(=O)O)=C(Cn3sc4cc(O)c(O)cc4c3=O)CS[C@@H]12)c1csc(N)n1. The number of anilines is 1. The largest absolute Gasteiger partial charge is 0.504 e. The number of thioether (sulfide) groups is 1. The fraction of sp³-hybridized carbons (Fsp3) is 0.393. The summed E-state index contributed by atoms with van der Waals surface area (Å²) in [4.78, 5) is 75.4. The second-order valence-electron chi connectivity index (χ2n) is 12.0. The second kappa shape index (κ2) is 12.2. The third kappa shape index (κ3) is 6.63. The summed E-state index contributed by atoms with van der Waals surface area (Å²) in [6.07, 6.45) is 0. The van der Waals surface area contributed by atoms with Crippen LogP contribution in [0.2, 0.25) is 0 Å². The summed E-state index contributed by atoms with van der Waals surface area (Å²) in [5, 5.41) is 37.1. The van der Waals surface area contributed by atoms with E-state index >= 15 is 0 Å². The molecule has 0 saturated carbocycles. The Morgan fingerprint density at radius 2 is 1.83 bits per heavy atom. The number of oxime groups is 1. The first-order chi connectivity index (χ1) is 21.9. The minimum absolute atomic E-state index is 0.0220. The Morgan fingerprint density at radius 1 is 1.15 bits per heavy atom. The molecule has 0 bridgehead atoms. The molecule has 4 heterocycles. The van der Waals surface area contributed by atoms with Crippen LogP contribution < -0.4 is 16.6 Å². The summed E-state index contributed by atoms with van der Waals surface area (Å²) in [7, 11) is 0. The predicted molar refractivity (Wildman–Crippen MR) is 173 cm³/mol. The van der Waals surface area contributed by atoms with Crippen LogP contribution in [0.4, 0.5) is 5.13 Å². The Hall–Kier alpha value is -4.62. The predicted octanol–water partition coefficient (Wildman–Crippen LogP) is 1.79. The summed E-state index contributed by atoms with van der Waals surface area (Å²) in [6.45, 7) is 7.69. The van der Waals surface area contributed by atoms with E-state index in [1.807, 2.05) is 0 Å². The minimum Gasteiger partial charge on any atom is -0.504 e. The molecule has 1 unspecified atom stereocenters. The molecule has 1 saturated heterocycles. The minimum atomic E-state index is -1.61. The first-order valence-corrected chi connectivity index (χ1v) is 16.6. The number of carbonyl (C=O) groups is 4. The molecule has 19 heteroatoms. The third-order valence-electron chi connectivity index (χ3n) is 6.85. The Kier molecular flexibility index (Phi) is 8.75. The van der Waals surface area contributed by atoms with Crippen molar-refractivity contribution in [3.63, 3.8) is 0 Å². The maximum Gasteiger partial charge on any atom is 0.353 e. The van der Waals surface area contributed by atoms with Crippen molar-refractivity contribution in [3.05, 3.63) is 44.8 Å². The number of esters is 1. The van der Waals surface area contributed by atoms with E-state index in [4.69, 9.17) is 15.3 Å². The number of hydrogen-bond donors (Lipinski definition) is 5. The summed E-state index contributed by atoms with van der Waals surface area (Å²) in [5.74, 6) is -4.50. The quantitative estimate of drug-likeness (QED) is 0.0703. The molecule has 1 fully saturated rings. The second-order valence-corrected chi connectivity index (χ2v) is 15.1. The number of aromatic nitrogens is 2. The van der Waals surface area contributed by atoms with E-state index in [9.17, 15) is 39.3 Å². The van der Waals surface area contributed by atoms with Crippen LogP contribution in [0.15, 0.2) is 38.7 Å². The van der Waals surface area contributed by atoms with Gasteiger partial charge in [-0.25, -0.2) is 14.6 Å². The zero-order chi connectivity index (χ0) is 34.6. The van der Waals surface area contributed by atoms with E-state index in [2.05, 4.69) is 15.5 Å². The summed E-state index contributed by atoms with van der Waals surface area (Å²) in [6, 6.07) is 1.21. The lowest BCUT2D eigenvalue weighted by molar-refractivity contribution is -0.179. The van der Waals surface area contributed by atoms with Crippen molar-refractivity contribution in [2.24, 2.45) is 5.16 Å². The van der Waals surface area contributed by atoms with Gasteiger partial charge >= 0.3 is 11.9 Å². The number of phenols is 2. The highest BCUT2D eigenvalue weighted by Crippen LogP contribution is 2.41. The maximum atomic E-state index is 13.5. The monoisotopic (exact) mass is 706 g/mol. The number of benzene rings is 1. The van der Waals surface area contributed by atoms with Gasteiger partial charge in [0, 0.05) is 17.2 Å². The Morgan fingerprint density at radius 3 is 2.45 bits per heavy atom. The van der Waals surface area contributed by atoms with Crippen LogP contribution in [-0.4, -0.2) is 87.0 Å². The topological polar surface area (TPSA) is 236 Å². The lowest BCUT2D eigenvalue weighted by atomic mass is 10.0. The van der Waals surface area contributed by atoms with Gasteiger partial charge in [-0.3, -0.25) is 23.2 Å². The highest BCUT2D eigenvalue weighted by molar-refractivity contribution is 8.00. The van der Waals surface area contributed by atoms with Gasteiger partial charge < -0.3 is 35.9 Å². The summed E-state index contributed by atoms with van der Waals surface area (Å²) in [5.41, 5.74) is 2.43. The van der Waals surface area contributed by atoms with Crippen molar-refractivity contribution in [2.45, 2.75) is 63.8 Å². The average Bonchev–Trinajstić information content (AvgIpc) is 3.53. The Labute approximate surface area is 278 Å². The number of nitrogens with one attached hydrogen (secondary N) is 1. The van der Waals surface area contributed by atoms with Crippen molar-refractivity contribution < 1.29 is 44.1 Å². The van der Waals surface area contributed by atoms with Gasteiger partial charge in [0.05, 0.1) is 16.6 Å². The van der Waals surface area contributed by atoms with Crippen LogP contribution in [0.5, 0.6) is 11.5 Å². The molecule has 16 nitrogen and oxygen atoms in total. The van der Waals surface area contributed by atoms with Crippen LogP contribution in [0.3, 0.4) is 0 Å². The number of phenolic OH excluding ortho intramolecular Hbond substituents is 2. The highest BCUT2D eigenvalue weighted by atomic mass is 32.2. The fourth-order valence-electron chi connectivity index (χ4n) is 4.59. The number of aliphatic carboxylic acids is 1. The van der Waals surface area contributed by atoms with Gasteiger partial charge in [0.25, 0.3) is 17.4 Å². The number of aromatic hydroxyl groups is 2. The third-order valence-corrected chi connectivity index (χ3v) is 9.91. The molecule has 47 heavy (non-hydrogen) atoms. The number of nitrogens with zero attached hydrogens (tertiary/aromatic N) is 4. The number of nitrogen functional groups attached to an aromatic ring is 1. The molecule has 3 aromatic rings. The number of β-lactam (4-membered cyclic amide) rings is 1. The molecule has 0 radical (unpaired) electrons. The van der Waals surface area contributed by atoms with Gasteiger partial charge in [0.15, 0.2) is 22.3 Å². The van der Waals surface area contributed by atoms with Gasteiger partial charge in [-0.2, -0.15) is 0 Å². The molecule has 0 aliphatic carbocycles. The Bertz CT molecular complexity index is 1940. The number of nitrogens with two attached hydrogens (primary N) is 1. The van der Waals surface area contributed by atoms with Crippen molar-refractivity contribution >= 4 is 79.3 Å². The van der Waals surface area contributed by atoms with E-state index in [-0.39, 0.29) is 45.5 Å². The zero-order valence-electron chi connectivity index (χ0n) is 25.6. The number of ether oxygens (including phenoxy) is 1. The number of thiazole rings is 1. The van der Waals surface area contributed by atoms with E-state index < -0.39 is 63.4 Å². The number of fused-ring (bicyclic) bond motifs is 2. The average molecular weight is 707 g/mol. The highest BCUT2D eigenvalue weighted by Gasteiger charge is 2.54. The standard InChI is InChI=1S/C28H30N6O10S3/c1-27(2,3)43-25(42)28(4,5)44-32-17(13-10-46-26(29)30-13)20(37)31-18-22(39)34-19(24(40)41)11(9-45-23(18)34)8-33-21(38)12-6-14(35)15(36)7-16(12)47-33/h6-7,10,18,23,35-36H,8-9H2,1-5H3,(H2,29,30)(H,31,37)(H,40,41)/b32-17-/t18?,23-/m0/s1. The molecule has 2 aromatic heterocycles. The van der Waals surface area contributed by atoms with E-state index in [1.54, 1.807) is 20.8 Å². The molecule has 2 amide bonds. The van der Waals surface area contributed by atoms with Crippen LogP contribution in [0.25, 0.3) is 10.1 Å². The fourth-order valence-corrected chi connectivity index (χ4v) is 7.52. The lowest BCUT2D eigenvalue weighted by Crippen LogP contribution is -2.71. The number of carboxylic acid groups (broad SMARTS) is 1. The molecule has 5 rings (SSSR count). The number of hydrogen-bond acceptors (Lipinski definition) is 15. The number of rotatable bonds is 9. The summed E-state index contributed by atoms with van der Waals surface area (Å²) < 4.78 is 7.02. The normalized spacial score (nSPS) is 18.5. The van der Waals surface area contributed by atoms with Gasteiger partial charge in [0.2, 0.25) is 5.60 Å². The van der Waals surface area contributed by atoms with Gasteiger partial charge in [-0.05, 0) is 46.3 Å². The van der Waals surface area contributed by atoms with Crippen molar-refractivity contribution in [2.75, 3.05) is 11.5 Å². The number of amides is 2. The van der Waals surface area contributed by atoms with Crippen molar-refractivity contribution in [3.8, 4) is 11.5 Å². The number of carboxylic acids is 1. The van der Waals surface area contributed by atoms with E-state index in [1.165, 1.54) is 41.0 Å². The lowest BCUT2D eigenvalue weighted by Gasteiger charge is -2.49. The molecule has 250 valence electrons. The van der Waals surface area contributed by atoms with Gasteiger partial charge in [0.1, 0.15) is 28.4 Å². The van der Waals surface area contributed by atoms with Crippen LogP contribution in [-0.2, 0) is 35.3 Å². The van der Waals surface area contributed by atoms with Crippen LogP contribution >= 0.6 is 34.6 Å². The first kappa shape index (κ1) is 33.7. The van der Waals surface area contributed by atoms with Gasteiger partial charge in [-0.15, -0.1) is 23.1 Å². The molecular weight excluding hydrogens is 677 g/mol. The van der Waals surface area contributed by atoms with Crippen LogP contribution in [0.1, 0.15) is 40.3 Å². The van der Waals surface area contributed by atoms with E-state index in [0.717, 1.165) is 33.8 Å². The van der Waals surface area contributed by atoms with Crippen molar-refractivity contribution in [1.29, 1.82) is 0 Å². The molecule has 6 N–H and O–H groups in total. The molecular formula is C28H30N6O10S3. The Balaban J connectivity index is 1.37. The molecule has 2 atom stereocenters. The van der Waals surface area contributed by atoms with Crippen LogP contribution in [0, 0.1) is 0 Å². The molecule has 2 aliphatic rings. The maximum absolute atomic E-state index is 13.5. The molecule has 2 aliphatic heterocycles.